The fourth-order valence-corrected chi connectivity index (χ4v) is 3.85. The summed E-state index contributed by atoms with van der Waals surface area (Å²) in [5, 5.41) is 7.16. The summed E-state index contributed by atoms with van der Waals surface area (Å²) in [4.78, 5) is 15.8. The Bertz CT molecular complexity index is 1430. The van der Waals surface area contributed by atoms with Gasteiger partial charge in [-0.05, 0) is 36.4 Å². The number of aromatic nitrogens is 5. The molecular formula is C27H30FN7O2. The van der Waals surface area contributed by atoms with Gasteiger partial charge in [-0.2, -0.15) is 5.10 Å². The fraction of sp³-hybridized carbons (Fsp3) is 0.259. The van der Waals surface area contributed by atoms with Crippen LogP contribution in [0.1, 0.15) is 17.7 Å². The van der Waals surface area contributed by atoms with Gasteiger partial charge in [0.25, 0.3) is 0 Å². The van der Waals surface area contributed by atoms with Crippen LogP contribution < -0.4 is 19.7 Å². The first-order valence-electron chi connectivity index (χ1n) is 11.7. The molecule has 37 heavy (non-hydrogen) atoms. The average Bonchev–Trinajstić information content (AvgIpc) is 3.32. The van der Waals surface area contributed by atoms with E-state index in [0.717, 1.165) is 16.8 Å². The number of aryl methyl sites for hydroxylation is 1. The van der Waals surface area contributed by atoms with Crippen molar-refractivity contribution in [2.75, 3.05) is 32.7 Å². The highest BCUT2D eigenvalue weighted by atomic mass is 19.1. The van der Waals surface area contributed by atoms with Crippen molar-refractivity contribution in [2.45, 2.75) is 12.8 Å². The molecule has 0 aliphatic heterocycles. The van der Waals surface area contributed by atoms with Crippen molar-refractivity contribution in [2.24, 2.45) is 7.05 Å². The molecule has 0 saturated heterocycles. The molecule has 9 nitrogen and oxygen atoms in total. The zero-order valence-electron chi connectivity index (χ0n) is 21.4. The average molecular weight is 504 g/mol. The molecule has 0 unspecified atom stereocenters. The number of rotatable bonds is 11. The molecule has 0 aliphatic carbocycles. The van der Waals surface area contributed by atoms with Gasteiger partial charge in [0.1, 0.15) is 17.1 Å². The van der Waals surface area contributed by atoms with Crippen LogP contribution in [-0.4, -0.2) is 52.5 Å². The van der Waals surface area contributed by atoms with Crippen molar-refractivity contribution in [3.63, 3.8) is 0 Å². The Morgan fingerprint density at radius 3 is 2.73 bits per heavy atom. The van der Waals surface area contributed by atoms with Crippen molar-refractivity contribution in [1.29, 1.82) is 0 Å². The van der Waals surface area contributed by atoms with Crippen LogP contribution in [-0.2, 0) is 13.5 Å². The lowest BCUT2D eigenvalue weighted by atomic mass is 10.1. The maximum atomic E-state index is 15.5. The normalized spacial score (nSPS) is 11.2. The summed E-state index contributed by atoms with van der Waals surface area (Å²) in [6.07, 6.45) is 10.3. The van der Waals surface area contributed by atoms with Crippen LogP contribution in [0, 0.1) is 5.82 Å². The first-order valence-corrected chi connectivity index (χ1v) is 11.7. The summed E-state index contributed by atoms with van der Waals surface area (Å²) < 4.78 is 28.0. The van der Waals surface area contributed by atoms with Gasteiger partial charge in [-0.15, -0.1) is 0 Å². The minimum absolute atomic E-state index is 0.0765. The van der Waals surface area contributed by atoms with Crippen LogP contribution in [0.3, 0.4) is 0 Å². The van der Waals surface area contributed by atoms with Gasteiger partial charge in [0.2, 0.25) is 0 Å². The Balaban J connectivity index is 1.75. The number of benzene rings is 1. The maximum Gasteiger partial charge on any atom is 0.188 e. The molecule has 3 aromatic heterocycles. The van der Waals surface area contributed by atoms with Crippen LogP contribution in [0.25, 0.3) is 11.2 Å². The summed E-state index contributed by atoms with van der Waals surface area (Å²) in [7, 11) is 6.63. The second kappa shape index (κ2) is 11.5. The predicted molar refractivity (Wildman–Crippen MR) is 142 cm³/mol. The van der Waals surface area contributed by atoms with E-state index in [-0.39, 0.29) is 11.4 Å². The number of hydrogen-bond donors (Lipinski definition) is 1. The number of fused-ring (bicyclic) bond motifs is 1. The van der Waals surface area contributed by atoms with Crippen molar-refractivity contribution in [3.8, 4) is 11.5 Å². The van der Waals surface area contributed by atoms with Crippen molar-refractivity contribution < 1.29 is 13.9 Å². The third-order valence-corrected chi connectivity index (χ3v) is 5.74. The summed E-state index contributed by atoms with van der Waals surface area (Å²) in [5.74, 6) is 0.539. The molecule has 0 saturated carbocycles. The molecular weight excluding hydrogens is 473 g/mol. The standard InChI is InChI=1S/C27H30FN7O2/c1-18(8-10-29-2)9-11-35(23-13-21(36-4)14-24(37-5)26(23)28)25-7-6-22-27(33-25)32-20(16-30-22)12-19-15-31-34(3)17-19/h6-8,10,13-17,29H,1,9,11-12H2,2-5H3/b10-8-. The summed E-state index contributed by atoms with van der Waals surface area (Å²) >= 11 is 0. The lowest BCUT2D eigenvalue weighted by Crippen LogP contribution is -2.21. The Hall–Kier alpha value is -4.47. The molecule has 10 heteroatoms. The predicted octanol–water partition coefficient (Wildman–Crippen LogP) is 4.32. The van der Waals surface area contributed by atoms with Crippen molar-refractivity contribution in [1.82, 2.24) is 30.0 Å². The summed E-state index contributed by atoms with van der Waals surface area (Å²) in [5.41, 5.74) is 4.03. The first-order chi connectivity index (χ1) is 17.9. The van der Waals surface area contributed by atoms with Gasteiger partial charge in [0.05, 0.1) is 31.8 Å². The van der Waals surface area contributed by atoms with Gasteiger partial charge in [0.15, 0.2) is 17.2 Å². The number of hydrogen-bond acceptors (Lipinski definition) is 8. The molecule has 0 spiro atoms. The molecule has 0 amide bonds. The summed E-state index contributed by atoms with van der Waals surface area (Å²) in [6, 6.07) is 6.77. The Morgan fingerprint density at radius 2 is 2.03 bits per heavy atom. The Morgan fingerprint density at radius 1 is 1.19 bits per heavy atom. The molecule has 0 atom stereocenters. The number of allylic oxidation sites excluding steroid dienone is 1. The highest BCUT2D eigenvalue weighted by Crippen LogP contribution is 2.36. The molecule has 0 bridgehead atoms. The molecule has 0 radical (unpaired) electrons. The number of pyridine rings is 1. The number of nitrogens with zero attached hydrogens (tertiary/aromatic N) is 6. The van der Waals surface area contributed by atoms with Crippen LogP contribution in [0.15, 0.2) is 67.3 Å². The number of ether oxygens (including phenoxy) is 2. The van der Waals surface area contributed by atoms with Crippen LogP contribution >= 0.6 is 0 Å². The number of anilines is 2. The van der Waals surface area contributed by atoms with E-state index in [1.807, 2.05) is 32.4 Å². The number of halogens is 1. The molecule has 4 rings (SSSR count). The van der Waals surface area contributed by atoms with Crippen LogP contribution in [0.4, 0.5) is 15.9 Å². The minimum Gasteiger partial charge on any atom is -0.497 e. The highest BCUT2D eigenvalue weighted by Gasteiger charge is 2.21. The molecule has 192 valence electrons. The van der Waals surface area contributed by atoms with E-state index in [1.165, 1.54) is 20.3 Å². The van der Waals surface area contributed by atoms with Gasteiger partial charge in [-0.1, -0.05) is 12.2 Å². The molecule has 0 aliphatic rings. The highest BCUT2D eigenvalue weighted by molar-refractivity contribution is 5.75. The Labute approximate surface area is 215 Å². The van der Waals surface area contributed by atoms with Crippen molar-refractivity contribution in [3.05, 3.63) is 84.4 Å². The van der Waals surface area contributed by atoms with Gasteiger partial charge >= 0.3 is 0 Å². The molecule has 3 heterocycles. The largest absolute Gasteiger partial charge is 0.497 e. The third kappa shape index (κ3) is 6.03. The zero-order valence-corrected chi connectivity index (χ0v) is 21.4. The molecule has 1 aromatic carbocycles. The van der Waals surface area contributed by atoms with Gasteiger partial charge in [-0.3, -0.25) is 9.67 Å². The molecule has 1 N–H and O–H groups in total. The summed E-state index contributed by atoms with van der Waals surface area (Å²) in [6.45, 7) is 4.50. The van der Waals surface area contributed by atoms with Gasteiger partial charge < -0.3 is 19.7 Å². The van der Waals surface area contributed by atoms with E-state index >= 15 is 4.39 Å². The smallest absolute Gasteiger partial charge is 0.188 e. The third-order valence-electron chi connectivity index (χ3n) is 5.74. The van der Waals surface area contributed by atoms with E-state index in [2.05, 4.69) is 22.0 Å². The minimum atomic E-state index is -0.516. The maximum absolute atomic E-state index is 15.5. The zero-order chi connectivity index (χ0) is 26.4. The molecule has 4 aromatic rings. The van der Waals surface area contributed by atoms with E-state index in [4.69, 9.17) is 19.4 Å². The van der Waals surface area contributed by atoms with Crippen LogP contribution in [0.5, 0.6) is 11.5 Å². The quantitative estimate of drug-likeness (QED) is 0.303. The van der Waals surface area contributed by atoms with Gasteiger partial charge in [-0.25, -0.2) is 14.4 Å². The first kappa shape index (κ1) is 25.6. The van der Waals surface area contributed by atoms with Crippen LogP contribution in [0.2, 0.25) is 0 Å². The van der Waals surface area contributed by atoms with E-state index < -0.39 is 5.82 Å². The number of methoxy groups -OCH3 is 2. The van der Waals surface area contributed by atoms with Gasteiger partial charge in [0, 0.05) is 51.6 Å². The lowest BCUT2D eigenvalue weighted by molar-refractivity contribution is 0.374. The second-order valence-electron chi connectivity index (χ2n) is 8.42. The lowest BCUT2D eigenvalue weighted by Gasteiger charge is -2.26. The Kier molecular flexibility index (Phi) is 7.97. The van der Waals surface area contributed by atoms with Crippen molar-refractivity contribution >= 4 is 22.7 Å². The topological polar surface area (TPSA) is 90.2 Å². The second-order valence-corrected chi connectivity index (χ2v) is 8.42. The fourth-order valence-electron chi connectivity index (χ4n) is 3.85. The van der Waals surface area contributed by atoms with E-state index in [0.29, 0.717) is 42.1 Å². The number of nitrogens with one attached hydrogen (secondary N) is 1. The van der Waals surface area contributed by atoms with E-state index in [9.17, 15) is 0 Å². The van der Waals surface area contributed by atoms with E-state index in [1.54, 1.807) is 40.3 Å². The monoisotopic (exact) mass is 503 g/mol. The SMILES string of the molecule is C=C(/C=C\NC)CCN(c1ccc2ncc(Cc3cnn(C)c3)nc2n1)c1cc(OC)cc(OC)c1F. The molecule has 0 fully saturated rings.